The van der Waals surface area contributed by atoms with Crippen molar-refractivity contribution in [3.05, 3.63) is 69.1 Å². The summed E-state index contributed by atoms with van der Waals surface area (Å²) < 4.78 is 1.29. The van der Waals surface area contributed by atoms with Gasteiger partial charge >= 0.3 is 0 Å². The fraction of sp³-hybridized carbons (Fsp3) is 0.118. The Hall–Kier alpha value is -2.73. The van der Waals surface area contributed by atoms with Crippen molar-refractivity contribution < 1.29 is 4.79 Å². The monoisotopic (exact) mass is 325 g/mol. The molecule has 0 unspecified atom stereocenters. The smallest absolute Gasteiger partial charge is 0.266 e. The van der Waals surface area contributed by atoms with E-state index in [-0.39, 0.29) is 11.5 Å². The highest BCUT2D eigenvalue weighted by atomic mass is 32.1. The summed E-state index contributed by atoms with van der Waals surface area (Å²) >= 11 is 1.56. The Labute approximate surface area is 137 Å². The molecule has 1 amide bonds. The van der Waals surface area contributed by atoms with Crippen molar-refractivity contribution in [1.29, 1.82) is 0 Å². The van der Waals surface area contributed by atoms with Crippen LogP contribution in [-0.4, -0.2) is 15.7 Å². The Morgan fingerprint density at radius 1 is 1.22 bits per heavy atom. The van der Waals surface area contributed by atoms with Crippen molar-refractivity contribution in [1.82, 2.24) is 9.78 Å². The first-order valence-electron chi connectivity index (χ1n) is 7.09. The van der Waals surface area contributed by atoms with Gasteiger partial charge in [0.2, 0.25) is 5.91 Å². The lowest BCUT2D eigenvalue weighted by Crippen LogP contribution is -2.18. The van der Waals surface area contributed by atoms with E-state index in [0.717, 1.165) is 10.4 Å². The Morgan fingerprint density at radius 2 is 2.09 bits per heavy atom. The summed E-state index contributed by atoms with van der Waals surface area (Å²) in [5.41, 5.74) is 2.07. The van der Waals surface area contributed by atoms with Crippen LogP contribution in [0, 0.1) is 0 Å². The maximum Gasteiger partial charge on any atom is 0.266 e. The normalized spacial score (nSPS) is 10.5. The number of nitrogens with zero attached hydrogens (tertiary/aromatic N) is 2. The second kappa shape index (κ2) is 6.58. The predicted molar refractivity (Wildman–Crippen MR) is 91.6 cm³/mol. The summed E-state index contributed by atoms with van der Waals surface area (Å²) in [6.45, 7) is 0. The third kappa shape index (κ3) is 3.73. The van der Waals surface area contributed by atoms with E-state index in [0.29, 0.717) is 17.8 Å². The number of anilines is 1. The van der Waals surface area contributed by atoms with E-state index < -0.39 is 0 Å². The molecular formula is C17H15N3O2S. The summed E-state index contributed by atoms with van der Waals surface area (Å²) in [4.78, 5) is 24.5. The number of hydrogen-bond acceptors (Lipinski definition) is 4. The van der Waals surface area contributed by atoms with Crippen molar-refractivity contribution in [2.75, 3.05) is 5.32 Å². The number of hydrogen-bond donors (Lipinski definition) is 1. The maximum atomic E-state index is 12.1. The molecular weight excluding hydrogens is 310 g/mol. The Kier molecular flexibility index (Phi) is 4.34. The van der Waals surface area contributed by atoms with Gasteiger partial charge in [-0.25, -0.2) is 4.68 Å². The van der Waals surface area contributed by atoms with Gasteiger partial charge in [-0.15, -0.1) is 11.3 Å². The highest BCUT2D eigenvalue weighted by Crippen LogP contribution is 2.20. The van der Waals surface area contributed by atoms with E-state index in [2.05, 4.69) is 10.4 Å². The van der Waals surface area contributed by atoms with Gasteiger partial charge in [-0.2, -0.15) is 5.10 Å². The zero-order valence-corrected chi connectivity index (χ0v) is 13.3. The van der Waals surface area contributed by atoms with E-state index in [1.165, 1.54) is 10.7 Å². The minimum absolute atomic E-state index is 0.0574. The number of nitrogens with one attached hydrogen (secondary N) is 1. The lowest BCUT2D eigenvalue weighted by molar-refractivity contribution is -0.115. The summed E-state index contributed by atoms with van der Waals surface area (Å²) in [6, 6.07) is 14.4. The van der Waals surface area contributed by atoms with E-state index >= 15 is 0 Å². The third-order valence-electron chi connectivity index (χ3n) is 3.32. The highest BCUT2D eigenvalue weighted by molar-refractivity contribution is 7.10. The molecule has 116 valence electrons. The molecule has 3 rings (SSSR count). The highest BCUT2D eigenvalue weighted by Gasteiger charge is 2.07. The fourth-order valence-corrected chi connectivity index (χ4v) is 2.89. The molecule has 23 heavy (non-hydrogen) atoms. The Morgan fingerprint density at radius 3 is 2.83 bits per heavy atom. The van der Waals surface area contributed by atoms with Crippen LogP contribution in [0.1, 0.15) is 4.88 Å². The maximum absolute atomic E-state index is 12.1. The molecule has 0 saturated heterocycles. The van der Waals surface area contributed by atoms with Gasteiger partial charge in [0.1, 0.15) is 0 Å². The van der Waals surface area contributed by atoms with E-state index in [4.69, 9.17) is 0 Å². The number of carbonyl (C=O) groups is 1. The average molecular weight is 325 g/mol. The summed E-state index contributed by atoms with van der Waals surface area (Å²) in [7, 11) is 1.61. The van der Waals surface area contributed by atoms with Gasteiger partial charge in [0, 0.05) is 29.2 Å². The third-order valence-corrected chi connectivity index (χ3v) is 4.19. The van der Waals surface area contributed by atoms with Crippen molar-refractivity contribution >= 4 is 22.9 Å². The van der Waals surface area contributed by atoms with Crippen molar-refractivity contribution in [3.8, 4) is 11.3 Å². The fourth-order valence-electron chi connectivity index (χ4n) is 2.19. The largest absolute Gasteiger partial charge is 0.326 e. The molecule has 6 heteroatoms. The molecule has 5 nitrogen and oxygen atoms in total. The first-order valence-corrected chi connectivity index (χ1v) is 7.97. The second-order valence-electron chi connectivity index (χ2n) is 5.07. The van der Waals surface area contributed by atoms with Gasteiger partial charge in [0.15, 0.2) is 0 Å². The number of carbonyl (C=O) groups excluding carboxylic acids is 1. The number of thiophene rings is 1. The van der Waals surface area contributed by atoms with Crippen LogP contribution in [0.25, 0.3) is 11.3 Å². The molecule has 0 spiro atoms. The number of aromatic nitrogens is 2. The van der Waals surface area contributed by atoms with Gasteiger partial charge in [0.25, 0.3) is 5.56 Å². The van der Waals surface area contributed by atoms with E-state index in [9.17, 15) is 9.59 Å². The van der Waals surface area contributed by atoms with Crippen LogP contribution in [0.2, 0.25) is 0 Å². The van der Waals surface area contributed by atoms with Crippen molar-refractivity contribution in [2.24, 2.45) is 7.05 Å². The SMILES string of the molecule is Cn1nc(-c2cccc(NC(=O)Cc3cccs3)c2)ccc1=O. The molecule has 1 aromatic carbocycles. The molecule has 0 bridgehead atoms. The lowest BCUT2D eigenvalue weighted by atomic mass is 10.1. The van der Waals surface area contributed by atoms with Crippen molar-refractivity contribution in [2.45, 2.75) is 6.42 Å². The van der Waals surface area contributed by atoms with Crippen LogP contribution in [0.5, 0.6) is 0 Å². The Balaban J connectivity index is 1.78. The average Bonchev–Trinajstić information content (AvgIpc) is 3.03. The molecule has 0 saturated carbocycles. The standard InChI is InChI=1S/C17H15N3O2S/c1-20-17(22)8-7-15(19-20)12-4-2-5-13(10-12)18-16(21)11-14-6-3-9-23-14/h2-10H,11H2,1H3,(H,18,21). The van der Waals surface area contributed by atoms with Crippen LogP contribution in [0.4, 0.5) is 5.69 Å². The number of benzene rings is 1. The van der Waals surface area contributed by atoms with E-state index in [1.54, 1.807) is 24.5 Å². The molecule has 2 aromatic heterocycles. The Bertz CT molecular complexity index is 885. The topological polar surface area (TPSA) is 64.0 Å². The zero-order valence-electron chi connectivity index (χ0n) is 12.5. The van der Waals surface area contributed by atoms with Crippen LogP contribution in [0.3, 0.4) is 0 Å². The molecule has 0 atom stereocenters. The number of rotatable bonds is 4. The van der Waals surface area contributed by atoms with Crippen molar-refractivity contribution in [3.63, 3.8) is 0 Å². The van der Waals surface area contributed by atoms with Gasteiger partial charge in [-0.3, -0.25) is 9.59 Å². The predicted octanol–water partition coefficient (Wildman–Crippen LogP) is 2.69. The summed E-state index contributed by atoms with van der Waals surface area (Å²) in [6.07, 6.45) is 0.361. The first kappa shape index (κ1) is 15.2. The molecule has 2 heterocycles. The second-order valence-corrected chi connectivity index (χ2v) is 6.10. The van der Waals surface area contributed by atoms with Crippen LogP contribution >= 0.6 is 11.3 Å². The minimum Gasteiger partial charge on any atom is -0.326 e. The number of amides is 1. The van der Waals surface area contributed by atoms with E-state index in [1.807, 2.05) is 41.8 Å². The van der Waals surface area contributed by atoms with Gasteiger partial charge < -0.3 is 5.32 Å². The van der Waals surface area contributed by atoms with Gasteiger partial charge in [-0.1, -0.05) is 18.2 Å². The molecule has 0 aliphatic rings. The van der Waals surface area contributed by atoms with Crippen LogP contribution in [0.15, 0.2) is 58.7 Å². The first-order chi connectivity index (χ1) is 11.1. The van der Waals surface area contributed by atoms with Gasteiger partial charge in [-0.05, 0) is 29.6 Å². The molecule has 0 radical (unpaired) electrons. The summed E-state index contributed by atoms with van der Waals surface area (Å²) in [5.74, 6) is -0.0574. The lowest BCUT2D eigenvalue weighted by Gasteiger charge is -2.07. The minimum atomic E-state index is -0.158. The molecule has 0 aliphatic carbocycles. The zero-order chi connectivity index (χ0) is 16.2. The molecule has 0 aliphatic heterocycles. The quantitative estimate of drug-likeness (QED) is 0.802. The molecule has 0 fully saturated rings. The molecule has 3 aromatic rings. The van der Waals surface area contributed by atoms with Gasteiger partial charge in [0.05, 0.1) is 12.1 Å². The summed E-state index contributed by atoms with van der Waals surface area (Å²) in [5, 5.41) is 9.06. The molecule has 1 N–H and O–H groups in total. The number of aryl methyl sites for hydroxylation is 1. The van der Waals surface area contributed by atoms with Crippen LogP contribution in [-0.2, 0) is 18.3 Å². The van der Waals surface area contributed by atoms with Crippen LogP contribution < -0.4 is 10.9 Å².